The van der Waals surface area contributed by atoms with Crippen LogP contribution in [0, 0.1) is 17.2 Å². The van der Waals surface area contributed by atoms with Crippen molar-refractivity contribution in [3.63, 3.8) is 0 Å². The van der Waals surface area contributed by atoms with E-state index in [2.05, 4.69) is 36.8 Å². The fraction of sp³-hybridized carbons (Fsp3) is 0.824. The van der Waals surface area contributed by atoms with Crippen molar-refractivity contribution in [3.05, 3.63) is 0 Å². The van der Waals surface area contributed by atoms with E-state index < -0.39 is 5.66 Å². The van der Waals surface area contributed by atoms with Crippen LogP contribution in [-0.2, 0) is 0 Å². The summed E-state index contributed by atoms with van der Waals surface area (Å²) >= 11 is 0. The summed E-state index contributed by atoms with van der Waals surface area (Å²) in [7, 11) is 0. The van der Waals surface area contributed by atoms with Crippen molar-refractivity contribution in [2.75, 3.05) is 0 Å². The third-order valence-corrected chi connectivity index (χ3v) is 4.13. The molecule has 112 valence electrons. The van der Waals surface area contributed by atoms with Gasteiger partial charge in [-0.15, -0.1) is 0 Å². The van der Waals surface area contributed by atoms with Crippen LogP contribution in [0.15, 0.2) is 9.98 Å². The lowest BCUT2D eigenvalue weighted by Gasteiger charge is -2.26. The lowest BCUT2D eigenvalue weighted by atomic mass is 9.85. The Kier molecular flexibility index (Phi) is 7.51. The average Bonchev–Trinajstić information content (AvgIpc) is 2.91. The molecule has 0 aliphatic carbocycles. The predicted molar refractivity (Wildman–Crippen MR) is 86.3 cm³/mol. The van der Waals surface area contributed by atoms with Crippen molar-refractivity contribution in [3.8, 4) is 6.07 Å². The Hall–Kier alpha value is -1.17. The molecular weight excluding hydrogens is 246 g/mol. The highest BCUT2D eigenvalue weighted by atomic mass is 15.1. The van der Waals surface area contributed by atoms with Gasteiger partial charge < -0.3 is 0 Å². The minimum absolute atomic E-state index is 0.282. The number of nitrogens with zero attached hydrogens (tertiary/aromatic N) is 3. The number of aliphatic imine (C=N–C) groups is 2. The summed E-state index contributed by atoms with van der Waals surface area (Å²) in [5.74, 6) is 0.282. The van der Waals surface area contributed by atoms with Crippen molar-refractivity contribution in [2.24, 2.45) is 15.9 Å². The monoisotopic (exact) mass is 275 g/mol. The second kappa shape index (κ2) is 8.89. The zero-order valence-corrected chi connectivity index (χ0v) is 13.4. The van der Waals surface area contributed by atoms with Gasteiger partial charge in [0.2, 0.25) is 5.66 Å². The Labute approximate surface area is 124 Å². The third kappa shape index (κ3) is 4.44. The molecule has 0 amide bonds. The van der Waals surface area contributed by atoms with Gasteiger partial charge in [-0.25, -0.2) is 9.98 Å². The van der Waals surface area contributed by atoms with Crippen LogP contribution in [0.1, 0.15) is 78.6 Å². The fourth-order valence-electron chi connectivity index (χ4n) is 2.78. The van der Waals surface area contributed by atoms with E-state index >= 15 is 0 Å². The fourth-order valence-corrected chi connectivity index (χ4v) is 2.78. The second-order valence-corrected chi connectivity index (χ2v) is 5.74. The molecule has 0 saturated carbocycles. The van der Waals surface area contributed by atoms with E-state index in [0.29, 0.717) is 0 Å². The molecule has 3 heteroatoms. The maximum absolute atomic E-state index is 9.63. The number of unbranched alkanes of at least 4 members (excludes halogenated alkanes) is 4. The Morgan fingerprint density at radius 1 is 1.10 bits per heavy atom. The molecule has 2 unspecified atom stereocenters. The first kappa shape index (κ1) is 16.9. The minimum Gasteiger partial charge on any atom is -0.247 e. The van der Waals surface area contributed by atoms with Crippen molar-refractivity contribution >= 4 is 11.9 Å². The molecule has 3 nitrogen and oxygen atoms in total. The molecule has 2 atom stereocenters. The van der Waals surface area contributed by atoms with Gasteiger partial charge in [-0.1, -0.05) is 59.3 Å². The van der Waals surface area contributed by atoms with Gasteiger partial charge in [0, 0.05) is 12.1 Å². The first-order valence-electron chi connectivity index (χ1n) is 8.27. The Balaban J connectivity index is 2.72. The largest absolute Gasteiger partial charge is 0.247 e. The van der Waals surface area contributed by atoms with Crippen LogP contribution in [0.2, 0.25) is 0 Å². The molecule has 0 radical (unpaired) electrons. The van der Waals surface area contributed by atoms with E-state index in [-0.39, 0.29) is 5.92 Å². The smallest absolute Gasteiger partial charge is 0.240 e. The molecule has 0 bridgehead atoms. The number of hydrogen-bond acceptors (Lipinski definition) is 3. The van der Waals surface area contributed by atoms with Gasteiger partial charge in [0.15, 0.2) is 0 Å². The van der Waals surface area contributed by atoms with E-state index in [4.69, 9.17) is 0 Å². The Morgan fingerprint density at radius 2 is 1.80 bits per heavy atom. The quantitative estimate of drug-likeness (QED) is 0.522. The highest BCUT2D eigenvalue weighted by Gasteiger charge is 2.39. The van der Waals surface area contributed by atoms with Gasteiger partial charge in [0.05, 0.1) is 5.71 Å². The summed E-state index contributed by atoms with van der Waals surface area (Å²) in [5.41, 5.74) is 0.161. The van der Waals surface area contributed by atoms with E-state index in [1.807, 2.05) is 6.21 Å². The zero-order valence-electron chi connectivity index (χ0n) is 13.4. The summed E-state index contributed by atoms with van der Waals surface area (Å²) in [6, 6.07) is 2.41. The van der Waals surface area contributed by atoms with E-state index in [1.54, 1.807) is 0 Å². The van der Waals surface area contributed by atoms with E-state index in [1.165, 1.54) is 32.1 Å². The van der Waals surface area contributed by atoms with Crippen LogP contribution >= 0.6 is 0 Å². The number of hydrogen-bond donors (Lipinski definition) is 0. The second-order valence-electron chi connectivity index (χ2n) is 5.74. The molecule has 0 spiro atoms. The summed E-state index contributed by atoms with van der Waals surface area (Å²) in [6.45, 7) is 6.50. The van der Waals surface area contributed by atoms with Crippen molar-refractivity contribution in [1.82, 2.24) is 0 Å². The first-order valence-corrected chi connectivity index (χ1v) is 8.27. The van der Waals surface area contributed by atoms with Gasteiger partial charge in [0.25, 0.3) is 0 Å². The van der Waals surface area contributed by atoms with Gasteiger partial charge in [-0.2, -0.15) is 5.26 Å². The van der Waals surface area contributed by atoms with E-state index in [0.717, 1.165) is 31.4 Å². The molecule has 0 aromatic carbocycles. The van der Waals surface area contributed by atoms with Crippen molar-refractivity contribution in [1.29, 1.82) is 5.26 Å². The van der Waals surface area contributed by atoms with E-state index in [9.17, 15) is 5.26 Å². The number of nitriles is 1. The Morgan fingerprint density at radius 3 is 2.35 bits per heavy atom. The van der Waals surface area contributed by atoms with Crippen molar-refractivity contribution in [2.45, 2.75) is 84.2 Å². The van der Waals surface area contributed by atoms with Crippen LogP contribution < -0.4 is 0 Å². The summed E-state index contributed by atoms with van der Waals surface area (Å²) in [5, 5.41) is 9.63. The van der Waals surface area contributed by atoms with Gasteiger partial charge >= 0.3 is 0 Å². The Bertz CT molecular complexity index is 378. The van der Waals surface area contributed by atoms with Crippen molar-refractivity contribution < 1.29 is 0 Å². The normalized spacial score (nSPS) is 22.6. The van der Waals surface area contributed by atoms with Gasteiger partial charge in [-0.3, -0.25) is 0 Å². The van der Waals surface area contributed by atoms with Crippen LogP contribution in [-0.4, -0.2) is 17.6 Å². The summed E-state index contributed by atoms with van der Waals surface area (Å²) < 4.78 is 0. The summed E-state index contributed by atoms with van der Waals surface area (Å²) in [4.78, 5) is 9.14. The topological polar surface area (TPSA) is 48.5 Å². The van der Waals surface area contributed by atoms with Crippen LogP contribution in [0.25, 0.3) is 0 Å². The number of rotatable bonds is 10. The highest BCUT2D eigenvalue weighted by Crippen LogP contribution is 2.34. The lowest BCUT2D eigenvalue weighted by molar-refractivity contribution is 0.300. The van der Waals surface area contributed by atoms with Crippen LogP contribution in [0.4, 0.5) is 0 Å². The standard InChI is InChI=1S/C17H29N3/c1-4-7-9-10-12-15(11-8-5-2)17(14-18)19-13-16(6-3)20-17/h13,15H,4-12H2,1-3H3. The molecule has 20 heavy (non-hydrogen) atoms. The molecule has 1 aliphatic rings. The maximum Gasteiger partial charge on any atom is 0.240 e. The lowest BCUT2D eigenvalue weighted by Crippen LogP contribution is -2.31. The molecule has 1 aliphatic heterocycles. The maximum atomic E-state index is 9.63. The van der Waals surface area contributed by atoms with Crippen LogP contribution in [0.3, 0.4) is 0 Å². The molecule has 0 N–H and O–H groups in total. The van der Waals surface area contributed by atoms with Gasteiger partial charge in [0.1, 0.15) is 6.07 Å². The predicted octanol–water partition coefficient (Wildman–Crippen LogP) is 4.92. The zero-order chi connectivity index (χ0) is 14.8. The molecule has 0 fully saturated rings. The molecule has 0 aromatic heterocycles. The summed E-state index contributed by atoms with van der Waals surface area (Å²) in [6.07, 6.45) is 12.1. The minimum atomic E-state index is -0.813. The molecular formula is C17H29N3. The molecule has 1 heterocycles. The molecule has 0 saturated heterocycles. The molecule has 0 aromatic rings. The average molecular weight is 275 g/mol. The first-order chi connectivity index (χ1) is 9.72. The van der Waals surface area contributed by atoms with Crippen LogP contribution in [0.5, 0.6) is 0 Å². The molecule has 1 rings (SSSR count). The SMILES string of the molecule is CCCCCCC(CCCC)C1(C#N)N=CC(CC)=N1. The third-order valence-electron chi connectivity index (χ3n) is 4.13. The highest BCUT2D eigenvalue weighted by molar-refractivity contribution is 6.32. The van der Waals surface area contributed by atoms with Gasteiger partial charge in [-0.05, 0) is 19.3 Å².